The van der Waals surface area contributed by atoms with Crippen molar-refractivity contribution in [1.82, 2.24) is 4.57 Å². The fourth-order valence-corrected chi connectivity index (χ4v) is 8.59. The van der Waals surface area contributed by atoms with Crippen molar-refractivity contribution in [3.05, 3.63) is 253 Å². The van der Waals surface area contributed by atoms with Crippen molar-refractivity contribution >= 4 is 51.4 Å². The van der Waals surface area contributed by atoms with E-state index < -0.39 is 0 Å². The molecular formula is C68H71N3. The summed E-state index contributed by atoms with van der Waals surface area (Å²) in [5.41, 5.74) is 19.4. The minimum atomic E-state index is 0.816. The Hall–Kier alpha value is -8.01. The molecule has 0 saturated carbocycles. The second-order valence-corrected chi connectivity index (χ2v) is 17.1. The van der Waals surface area contributed by atoms with E-state index in [1.165, 1.54) is 38.9 Å². The van der Waals surface area contributed by atoms with Gasteiger partial charge in [0.05, 0.1) is 16.9 Å². The maximum absolute atomic E-state index is 5.50. The van der Waals surface area contributed by atoms with Gasteiger partial charge in [0.2, 0.25) is 0 Å². The molecule has 0 fully saturated rings. The molecule has 8 rings (SSSR count). The number of fused-ring (bicyclic) bond motifs is 1. The number of nitrogens with zero attached hydrogens (tertiary/aromatic N) is 2. The van der Waals surface area contributed by atoms with Crippen LogP contribution in [0.4, 0.5) is 5.69 Å². The Morgan fingerprint density at radius 1 is 0.592 bits per heavy atom. The molecule has 1 heterocycles. The van der Waals surface area contributed by atoms with Gasteiger partial charge in [0.1, 0.15) is 5.84 Å². The largest absolute Gasteiger partial charge is 0.355 e. The van der Waals surface area contributed by atoms with E-state index >= 15 is 0 Å². The van der Waals surface area contributed by atoms with Crippen LogP contribution >= 0.6 is 0 Å². The number of aliphatic imine (C=N–C) groups is 1. The number of allylic oxidation sites excluding steroid dienone is 6. The highest BCUT2D eigenvalue weighted by molar-refractivity contribution is 6.05. The maximum Gasteiger partial charge on any atom is 0.114 e. The van der Waals surface area contributed by atoms with Crippen LogP contribution < -0.4 is 5.32 Å². The normalized spacial score (nSPS) is 11.9. The number of anilines is 1. The Kier molecular flexibility index (Phi) is 19.7. The third-order valence-electron chi connectivity index (χ3n) is 12.1. The van der Waals surface area contributed by atoms with E-state index in [0.717, 1.165) is 86.6 Å². The standard InChI is InChI=1S/C51H51N3.C15H14.C2H6/c1-7-19-47(52-44-28-18-27-43(35-44)39-25-16-13-17-26-39)37(6)42-33-34-46-45(11-5)49(21-9-3)54(50(46)36-42)51(22-10-4)53-48(20-8-2)41-31-29-40(30-32-41)38-23-14-12-15-24-38;1-12(2)14-9-6-10-15(11-14)13-7-4-3-5-8-13;1-2/h7,9,11-21,23-36,52H,5,8,10,22H2,1-4,6H3;3-11H,1H2,2H3;1-2H3/b19-7-,21-9-,47-37-,48-20-,53-51?;;. The zero-order valence-electron chi connectivity index (χ0n) is 43.2. The van der Waals surface area contributed by atoms with Crippen molar-refractivity contribution < 1.29 is 0 Å². The molecule has 0 atom stereocenters. The molecule has 8 aromatic rings. The van der Waals surface area contributed by atoms with Gasteiger partial charge in [-0.15, -0.1) is 0 Å². The lowest BCUT2D eigenvalue weighted by molar-refractivity contribution is 0.947. The fourth-order valence-electron chi connectivity index (χ4n) is 8.59. The predicted octanol–water partition coefficient (Wildman–Crippen LogP) is 20.0. The molecule has 0 aliphatic heterocycles. The summed E-state index contributed by atoms with van der Waals surface area (Å²) in [6, 6.07) is 64.1. The van der Waals surface area contributed by atoms with Gasteiger partial charge >= 0.3 is 0 Å². The van der Waals surface area contributed by atoms with Gasteiger partial charge in [0, 0.05) is 28.8 Å². The summed E-state index contributed by atoms with van der Waals surface area (Å²) in [5, 5.41) is 4.90. The van der Waals surface area contributed by atoms with Gasteiger partial charge in [0.15, 0.2) is 0 Å². The van der Waals surface area contributed by atoms with E-state index in [-0.39, 0.29) is 0 Å². The van der Waals surface area contributed by atoms with Gasteiger partial charge in [-0.2, -0.15) is 0 Å². The first-order chi connectivity index (χ1) is 34.8. The molecule has 1 aromatic heterocycles. The molecular weight excluding hydrogens is 859 g/mol. The van der Waals surface area contributed by atoms with Gasteiger partial charge in [-0.1, -0.05) is 228 Å². The van der Waals surface area contributed by atoms with Gasteiger partial charge in [-0.25, -0.2) is 4.99 Å². The lowest BCUT2D eigenvalue weighted by atomic mass is 10.0. The Balaban J connectivity index is 0.000000409. The van der Waals surface area contributed by atoms with Crippen LogP contribution in [0.25, 0.3) is 73.3 Å². The first kappa shape index (κ1) is 52.4. The van der Waals surface area contributed by atoms with Crippen LogP contribution in [0, 0.1) is 0 Å². The summed E-state index contributed by atoms with van der Waals surface area (Å²) < 4.78 is 2.36. The van der Waals surface area contributed by atoms with Crippen molar-refractivity contribution in [2.75, 3.05) is 5.32 Å². The number of benzene rings is 7. The smallest absolute Gasteiger partial charge is 0.114 e. The third-order valence-corrected chi connectivity index (χ3v) is 12.1. The lowest BCUT2D eigenvalue weighted by Gasteiger charge is -2.16. The van der Waals surface area contributed by atoms with Crippen molar-refractivity contribution in [2.24, 2.45) is 4.99 Å². The van der Waals surface area contributed by atoms with E-state index in [0.29, 0.717) is 0 Å². The maximum atomic E-state index is 5.50. The summed E-state index contributed by atoms with van der Waals surface area (Å²) in [6.45, 7) is 25.0. The summed E-state index contributed by atoms with van der Waals surface area (Å²) in [5.74, 6) is 1.01. The monoisotopic (exact) mass is 930 g/mol. The number of hydrogen-bond acceptors (Lipinski definition) is 2. The highest BCUT2D eigenvalue weighted by Crippen LogP contribution is 2.34. The summed E-state index contributed by atoms with van der Waals surface area (Å²) in [7, 11) is 0. The number of nitrogens with one attached hydrogen (secondary N) is 1. The molecule has 71 heavy (non-hydrogen) atoms. The summed E-state index contributed by atoms with van der Waals surface area (Å²) >= 11 is 0. The highest BCUT2D eigenvalue weighted by Gasteiger charge is 2.19. The molecule has 0 amide bonds. The topological polar surface area (TPSA) is 29.3 Å². The fraction of sp³-hybridized carbons (Fsp3) is 0.162. The molecule has 0 bridgehead atoms. The molecule has 0 radical (unpaired) electrons. The average molecular weight is 930 g/mol. The number of hydrogen-bond donors (Lipinski definition) is 1. The van der Waals surface area contributed by atoms with Crippen molar-refractivity contribution in [2.45, 2.75) is 74.7 Å². The third kappa shape index (κ3) is 13.4. The van der Waals surface area contributed by atoms with Crippen LogP contribution in [0.1, 0.15) is 103 Å². The molecule has 358 valence electrons. The zero-order valence-corrected chi connectivity index (χ0v) is 43.2. The molecule has 0 spiro atoms. The van der Waals surface area contributed by atoms with E-state index in [4.69, 9.17) is 4.99 Å². The van der Waals surface area contributed by atoms with Crippen molar-refractivity contribution in [3.63, 3.8) is 0 Å². The number of aromatic nitrogens is 1. The lowest BCUT2D eigenvalue weighted by Crippen LogP contribution is -2.14. The second kappa shape index (κ2) is 26.7. The average Bonchev–Trinajstić information content (AvgIpc) is 3.73. The minimum Gasteiger partial charge on any atom is -0.355 e. The number of rotatable bonds is 15. The zero-order chi connectivity index (χ0) is 50.5. The quantitative estimate of drug-likeness (QED) is 0.0619. The van der Waals surface area contributed by atoms with Gasteiger partial charge < -0.3 is 5.32 Å². The van der Waals surface area contributed by atoms with E-state index in [1.807, 2.05) is 32.9 Å². The Labute approximate surface area is 425 Å². The SMILES string of the molecule is C=C(C)c1cccc(-c2ccccc2)c1.C=Cc1c(/C=C\C)n(C(CCC)=N/C(=C\CC)c2ccc(-c3ccccc3)cc2)c2cc(/C(C)=C(/C=C\C)Nc3cccc(-c4ccccc4)c3)ccc12.CC. The minimum absolute atomic E-state index is 0.816. The first-order valence-electron chi connectivity index (χ1n) is 25.2. The molecule has 3 nitrogen and oxygen atoms in total. The van der Waals surface area contributed by atoms with Crippen molar-refractivity contribution in [3.8, 4) is 33.4 Å². The Bertz CT molecular complexity index is 3160. The predicted molar refractivity (Wildman–Crippen MR) is 315 cm³/mol. The Morgan fingerprint density at radius 3 is 1.69 bits per heavy atom. The van der Waals surface area contributed by atoms with Crippen LogP contribution in [-0.2, 0) is 0 Å². The van der Waals surface area contributed by atoms with E-state index in [9.17, 15) is 0 Å². The van der Waals surface area contributed by atoms with Crippen LogP contribution in [0.5, 0.6) is 0 Å². The second-order valence-electron chi connectivity index (χ2n) is 17.1. The Morgan fingerprint density at radius 2 is 1.14 bits per heavy atom. The van der Waals surface area contributed by atoms with E-state index in [2.05, 4.69) is 264 Å². The molecule has 0 aliphatic carbocycles. The summed E-state index contributed by atoms with van der Waals surface area (Å²) in [4.78, 5) is 5.50. The van der Waals surface area contributed by atoms with Crippen molar-refractivity contribution in [1.29, 1.82) is 0 Å². The highest BCUT2D eigenvalue weighted by atomic mass is 15.1. The molecule has 0 saturated heterocycles. The first-order valence-corrected chi connectivity index (χ1v) is 25.2. The van der Waals surface area contributed by atoms with Gasteiger partial charge in [0.25, 0.3) is 0 Å². The van der Waals surface area contributed by atoms with Crippen LogP contribution in [0.2, 0.25) is 0 Å². The van der Waals surface area contributed by atoms with Crippen LogP contribution in [-0.4, -0.2) is 10.4 Å². The molecule has 0 unspecified atom stereocenters. The molecule has 7 aromatic carbocycles. The van der Waals surface area contributed by atoms with Crippen LogP contribution in [0.15, 0.2) is 230 Å². The van der Waals surface area contributed by atoms with E-state index in [1.54, 1.807) is 0 Å². The molecule has 1 N–H and O–H groups in total. The van der Waals surface area contributed by atoms with Gasteiger partial charge in [-0.05, 0) is 133 Å². The van der Waals surface area contributed by atoms with Gasteiger partial charge in [-0.3, -0.25) is 4.57 Å². The van der Waals surface area contributed by atoms with Crippen LogP contribution in [0.3, 0.4) is 0 Å². The molecule has 0 aliphatic rings. The molecule has 3 heteroatoms. The summed E-state index contributed by atoms with van der Waals surface area (Å²) in [6.07, 6.45) is 15.4.